The van der Waals surface area contributed by atoms with Crippen LogP contribution in [0.4, 0.5) is 0 Å². The molecule has 8 heteroatoms. The maximum Gasteiger partial charge on any atom is 0.233 e. The van der Waals surface area contributed by atoms with Gasteiger partial charge in [-0.25, -0.2) is 4.98 Å². The number of halogens is 1. The summed E-state index contributed by atoms with van der Waals surface area (Å²) in [5, 5.41) is 10.0. The van der Waals surface area contributed by atoms with E-state index < -0.39 is 0 Å². The third-order valence-electron chi connectivity index (χ3n) is 4.61. The molecule has 1 amide bonds. The van der Waals surface area contributed by atoms with Crippen LogP contribution in [0.5, 0.6) is 0 Å². The van der Waals surface area contributed by atoms with Crippen molar-refractivity contribution in [3.8, 4) is 0 Å². The Bertz CT molecular complexity index is 943. The Morgan fingerprint density at radius 2 is 2.28 bits per heavy atom. The molecular weight excluding hydrogens is 402 g/mol. The molecule has 3 heterocycles. The Morgan fingerprint density at radius 3 is 3.12 bits per heavy atom. The average Bonchev–Trinajstić information content (AvgIpc) is 2.97. The molecule has 0 spiro atoms. The normalized spacial score (nSPS) is 18.2. The number of likely N-dealkylation sites (tertiary alicyclic amines) is 1. The molecule has 2 aromatic heterocycles. The summed E-state index contributed by atoms with van der Waals surface area (Å²) in [6, 6.07) is 6.28. The summed E-state index contributed by atoms with van der Waals surface area (Å²) in [6.45, 7) is 2.98. The Kier molecular flexibility index (Phi) is 4.64. The van der Waals surface area contributed by atoms with Gasteiger partial charge in [0.25, 0.3) is 0 Å². The quantitative estimate of drug-likeness (QED) is 0.653. The lowest BCUT2D eigenvalue weighted by Crippen LogP contribution is -2.42. The van der Waals surface area contributed by atoms with Gasteiger partial charge < -0.3 is 9.88 Å². The number of amides is 1. The van der Waals surface area contributed by atoms with Crippen LogP contribution >= 0.6 is 27.7 Å². The second kappa shape index (κ2) is 6.92. The van der Waals surface area contributed by atoms with Crippen molar-refractivity contribution in [3.63, 3.8) is 0 Å². The Morgan fingerprint density at radius 1 is 1.40 bits per heavy atom. The summed E-state index contributed by atoms with van der Waals surface area (Å²) in [7, 11) is 0. The van der Waals surface area contributed by atoms with Crippen LogP contribution in [-0.4, -0.2) is 49.3 Å². The SMILES string of the molecule is C[C@H]1CCCCN1C(=O)CSc1nnc2c(n1)[nH]c1ccc(Br)cc12. The van der Waals surface area contributed by atoms with Gasteiger partial charge in [-0.2, -0.15) is 0 Å². The number of fused-ring (bicyclic) bond motifs is 3. The third-order valence-corrected chi connectivity index (χ3v) is 5.92. The summed E-state index contributed by atoms with van der Waals surface area (Å²) in [5.74, 6) is 0.505. The molecule has 0 unspecified atom stereocenters. The van der Waals surface area contributed by atoms with Gasteiger partial charge in [-0.15, -0.1) is 10.2 Å². The number of aromatic nitrogens is 4. The van der Waals surface area contributed by atoms with Gasteiger partial charge in [0.1, 0.15) is 5.52 Å². The van der Waals surface area contributed by atoms with Gasteiger partial charge in [-0.3, -0.25) is 4.79 Å². The summed E-state index contributed by atoms with van der Waals surface area (Å²) >= 11 is 4.82. The number of aromatic amines is 1. The highest BCUT2D eigenvalue weighted by Gasteiger charge is 2.23. The molecule has 3 aromatic rings. The molecule has 25 heavy (non-hydrogen) atoms. The lowest BCUT2D eigenvalue weighted by atomic mass is 10.0. The molecule has 1 atom stereocenters. The van der Waals surface area contributed by atoms with E-state index in [1.54, 1.807) is 0 Å². The van der Waals surface area contributed by atoms with E-state index in [1.165, 1.54) is 18.2 Å². The molecule has 0 bridgehead atoms. The highest BCUT2D eigenvalue weighted by molar-refractivity contribution is 9.10. The fourth-order valence-electron chi connectivity index (χ4n) is 3.27. The van der Waals surface area contributed by atoms with Crippen molar-refractivity contribution in [2.45, 2.75) is 37.4 Å². The molecule has 1 aromatic carbocycles. The van der Waals surface area contributed by atoms with Gasteiger partial charge in [0.2, 0.25) is 11.1 Å². The van der Waals surface area contributed by atoms with E-state index in [2.05, 4.69) is 43.0 Å². The Hall–Kier alpha value is -1.67. The first-order chi connectivity index (χ1) is 12.1. The molecule has 0 aliphatic carbocycles. The van der Waals surface area contributed by atoms with Crippen LogP contribution in [-0.2, 0) is 4.79 Å². The summed E-state index contributed by atoms with van der Waals surface area (Å²) < 4.78 is 0.988. The van der Waals surface area contributed by atoms with Crippen molar-refractivity contribution < 1.29 is 4.79 Å². The standard InChI is InChI=1S/C17H18BrN5OS/c1-10-4-2-3-7-23(10)14(24)9-25-17-20-16-15(21-22-17)12-8-11(18)5-6-13(12)19-16/h5-6,8,10H,2-4,7,9H2,1H3,(H,19,20,22)/t10-/m0/s1. The number of nitrogens with one attached hydrogen (secondary N) is 1. The van der Waals surface area contributed by atoms with Crippen LogP contribution in [0.25, 0.3) is 22.1 Å². The number of H-pyrrole nitrogens is 1. The van der Waals surface area contributed by atoms with Crippen molar-refractivity contribution in [2.75, 3.05) is 12.3 Å². The van der Waals surface area contributed by atoms with E-state index in [0.717, 1.165) is 40.3 Å². The van der Waals surface area contributed by atoms with E-state index in [1.807, 2.05) is 23.1 Å². The molecule has 1 fully saturated rings. The number of carbonyl (C=O) groups is 1. The van der Waals surface area contributed by atoms with Gasteiger partial charge in [-0.05, 0) is 44.4 Å². The maximum atomic E-state index is 12.4. The monoisotopic (exact) mass is 419 g/mol. The van der Waals surface area contributed by atoms with E-state index >= 15 is 0 Å². The summed E-state index contributed by atoms with van der Waals surface area (Å²) in [5.41, 5.74) is 2.42. The zero-order chi connectivity index (χ0) is 17.4. The zero-order valence-electron chi connectivity index (χ0n) is 13.8. The second-order valence-corrected chi connectivity index (χ2v) is 8.19. The van der Waals surface area contributed by atoms with E-state index in [4.69, 9.17) is 0 Å². The molecule has 0 saturated carbocycles. The zero-order valence-corrected chi connectivity index (χ0v) is 16.2. The highest BCUT2D eigenvalue weighted by atomic mass is 79.9. The number of rotatable bonds is 3. The van der Waals surface area contributed by atoms with E-state index in [0.29, 0.717) is 22.6 Å². The molecule has 1 aliphatic heterocycles. The predicted octanol–water partition coefficient (Wildman–Crippen LogP) is 3.76. The average molecular weight is 420 g/mol. The molecule has 130 valence electrons. The third kappa shape index (κ3) is 3.37. The fourth-order valence-corrected chi connectivity index (χ4v) is 4.30. The van der Waals surface area contributed by atoms with Gasteiger partial charge in [0.05, 0.1) is 5.75 Å². The van der Waals surface area contributed by atoms with Crippen molar-refractivity contribution in [1.82, 2.24) is 25.1 Å². The first-order valence-electron chi connectivity index (χ1n) is 8.36. The van der Waals surface area contributed by atoms with Crippen molar-refractivity contribution >= 4 is 55.7 Å². The van der Waals surface area contributed by atoms with Crippen molar-refractivity contribution in [3.05, 3.63) is 22.7 Å². The molecule has 6 nitrogen and oxygen atoms in total. The molecule has 0 radical (unpaired) electrons. The van der Waals surface area contributed by atoms with Crippen LogP contribution in [0.15, 0.2) is 27.8 Å². The lowest BCUT2D eigenvalue weighted by molar-refractivity contribution is -0.131. The number of nitrogens with zero attached hydrogens (tertiary/aromatic N) is 4. The van der Waals surface area contributed by atoms with Crippen LogP contribution in [0.2, 0.25) is 0 Å². The van der Waals surface area contributed by atoms with Gasteiger partial charge in [0, 0.05) is 28.0 Å². The van der Waals surface area contributed by atoms with Gasteiger partial charge in [0.15, 0.2) is 5.65 Å². The fraction of sp³-hybridized carbons (Fsp3) is 0.412. The number of carbonyl (C=O) groups excluding carboxylic acids is 1. The minimum Gasteiger partial charge on any atom is -0.339 e. The predicted molar refractivity (Wildman–Crippen MR) is 103 cm³/mol. The highest BCUT2D eigenvalue weighted by Crippen LogP contribution is 2.26. The number of benzene rings is 1. The molecular formula is C17H18BrN5OS. The minimum absolute atomic E-state index is 0.154. The van der Waals surface area contributed by atoms with Crippen molar-refractivity contribution in [1.29, 1.82) is 0 Å². The first-order valence-corrected chi connectivity index (χ1v) is 10.1. The summed E-state index contributed by atoms with van der Waals surface area (Å²) in [6.07, 6.45) is 3.39. The smallest absolute Gasteiger partial charge is 0.233 e. The van der Waals surface area contributed by atoms with Crippen molar-refractivity contribution in [2.24, 2.45) is 0 Å². The maximum absolute atomic E-state index is 12.4. The second-order valence-electron chi connectivity index (χ2n) is 6.33. The van der Waals surface area contributed by atoms with Crippen LogP contribution in [0, 0.1) is 0 Å². The molecule has 4 rings (SSSR count). The topological polar surface area (TPSA) is 74.8 Å². The van der Waals surface area contributed by atoms with Gasteiger partial charge in [-0.1, -0.05) is 27.7 Å². The minimum atomic E-state index is 0.154. The Balaban J connectivity index is 1.52. The number of thioether (sulfide) groups is 1. The van der Waals surface area contributed by atoms with Gasteiger partial charge >= 0.3 is 0 Å². The summed E-state index contributed by atoms with van der Waals surface area (Å²) in [4.78, 5) is 22.2. The molecule has 1 saturated heterocycles. The number of hydrogen-bond acceptors (Lipinski definition) is 5. The largest absolute Gasteiger partial charge is 0.339 e. The lowest BCUT2D eigenvalue weighted by Gasteiger charge is -2.33. The van der Waals surface area contributed by atoms with Crippen LogP contribution in [0.3, 0.4) is 0 Å². The van der Waals surface area contributed by atoms with E-state index in [-0.39, 0.29) is 5.91 Å². The van der Waals surface area contributed by atoms with Crippen LogP contribution < -0.4 is 0 Å². The first kappa shape index (κ1) is 16.8. The van der Waals surface area contributed by atoms with E-state index in [9.17, 15) is 4.79 Å². The number of hydrogen-bond donors (Lipinski definition) is 1. The Labute approximate surface area is 157 Å². The molecule has 1 N–H and O–H groups in total. The number of piperidine rings is 1. The van der Waals surface area contributed by atoms with Crippen LogP contribution in [0.1, 0.15) is 26.2 Å². The molecule has 1 aliphatic rings.